The quantitative estimate of drug-likeness (QED) is 0.867. The maximum atomic E-state index is 11.8. The number of nitrogens with one attached hydrogen (secondary N) is 2. The van der Waals surface area contributed by atoms with Crippen molar-refractivity contribution in [3.05, 3.63) is 21.4 Å². The predicted molar refractivity (Wildman–Crippen MR) is 72.9 cm³/mol. The van der Waals surface area contributed by atoms with E-state index in [2.05, 4.69) is 30.5 Å². The lowest BCUT2D eigenvalue weighted by atomic mass is 10.2. The van der Waals surface area contributed by atoms with E-state index in [-0.39, 0.29) is 11.9 Å². The lowest BCUT2D eigenvalue weighted by Crippen LogP contribution is -2.44. The Hall–Kier alpha value is -0.910. The average Bonchev–Trinajstić information content (AvgIpc) is 2.68. The lowest BCUT2D eigenvalue weighted by Gasteiger charge is -2.23. The topological polar surface area (TPSA) is 50.4 Å². The predicted octanol–water partition coefficient (Wildman–Crippen LogP) is 1.36. The van der Waals surface area contributed by atoms with Gasteiger partial charge in [0.25, 0.3) is 0 Å². The number of amides is 1. The summed E-state index contributed by atoms with van der Waals surface area (Å²) in [5.41, 5.74) is 1.30. The van der Waals surface area contributed by atoms with Gasteiger partial charge in [-0.05, 0) is 25.5 Å². The minimum atomic E-state index is 0.0849. The summed E-state index contributed by atoms with van der Waals surface area (Å²) in [6, 6.07) is 2.30. The molecule has 0 spiro atoms. The monoisotopic (exact) mass is 268 g/mol. The molecule has 1 aliphatic heterocycles. The van der Waals surface area contributed by atoms with Crippen LogP contribution in [0.4, 0.5) is 0 Å². The number of hydrogen-bond donors (Lipinski definition) is 2. The van der Waals surface area contributed by atoms with Gasteiger partial charge in [-0.25, -0.2) is 0 Å². The van der Waals surface area contributed by atoms with Gasteiger partial charge < -0.3 is 15.4 Å². The van der Waals surface area contributed by atoms with E-state index in [4.69, 9.17) is 4.74 Å². The first-order valence-electron chi connectivity index (χ1n) is 6.29. The molecule has 1 atom stereocenters. The molecule has 1 amide bonds. The maximum absolute atomic E-state index is 11.8. The molecular formula is C13H20N2O2S. The van der Waals surface area contributed by atoms with Gasteiger partial charge in [0.05, 0.1) is 19.8 Å². The zero-order valence-corrected chi connectivity index (χ0v) is 11.7. The summed E-state index contributed by atoms with van der Waals surface area (Å²) in [7, 11) is 0. The molecule has 1 aromatic heterocycles. The van der Waals surface area contributed by atoms with Crippen LogP contribution in [0, 0.1) is 13.8 Å². The maximum Gasteiger partial charge on any atom is 0.221 e. The van der Waals surface area contributed by atoms with Crippen LogP contribution in [0.15, 0.2) is 6.07 Å². The summed E-state index contributed by atoms with van der Waals surface area (Å²) < 4.78 is 5.32. The number of hydrogen-bond acceptors (Lipinski definition) is 4. The Bertz CT molecular complexity index is 392. The molecule has 0 saturated carbocycles. The first-order chi connectivity index (χ1) is 8.65. The van der Waals surface area contributed by atoms with Gasteiger partial charge in [0.2, 0.25) is 5.91 Å². The van der Waals surface area contributed by atoms with Crippen LogP contribution < -0.4 is 10.6 Å². The second-order valence-electron chi connectivity index (χ2n) is 4.66. The van der Waals surface area contributed by atoms with Crippen molar-refractivity contribution < 1.29 is 9.53 Å². The smallest absolute Gasteiger partial charge is 0.221 e. The highest BCUT2D eigenvalue weighted by molar-refractivity contribution is 7.12. The van der Waals surface area contributed by atoms with Crippen molar-refractivity contribution in [2.75, 3.05) is 19.8 Å². The van der Waals surface area contributed by atoms with Crippen LogP contribution in [0.25, 0.3) is 0 Å². The summed E-state index contributed by atoms with van der Waals surface area (Å²) in [4.78, 5) is 14.3. The summed E-state index contributed by atoms with van der Waals surface area (Å²) in [6.45, 7) is 7.04. The van der Waals surface area contributed by atoms with Crippen LogP contribution in [0.2, 0.25) is 0 Å². The third-order valence-electron chi connectivity index (χ3n) is 3.11. The van der Waals surface area contributed by atoms with Gasteiger partial charge in [-0.1, -0.05) is 0 Å². The number of carbonyl (C=O) groups excluding carboxylic acids is 1. The fraction of sp³-hybridized carbons (Fsp3) is 0.615. The zero-order valence-electron chi connectivity index (χ0n) is 10.9. The molecule has 1 aliphatic rings. The highest BCUT2D eigenvalue weighted by atomic mass is 32.1. The van der Waals surface area contributed by atoms with Gasteiger partial charge in [0.1, 0.15) is 0 Å². The molecule has 1 unspecified atom stereocenters. The largest absolute Gasteiger partial charge is 0.378 e. The highest BCUT2D eigenvalue weighted by Crippen LogP contribution is 2.20. The normalized spacial score (nSPS) is 19.8. The molecule has 0 bridgehead atoms. The van der Waals surface area contributed by atoms with Crippen molar-refractivity contribution in [2.24, 2.45) is 0 Å². The van der Waals surface area contributed by atoms with Crippen LogP contribution in [0.5, 0.6) is 0 Å². The van der Waals surface area contributed by atoms with E-state index in [1.807, 2.05) is 0 Å². The van der Waals surface area contributed by atoms with Crippen molar-refractivity contribution in [2.45, 2.75) is 32.9 Å². The Labute approximate surface area is 112 Å². The third kappa shape index (κ3) is 3.80. The standard InChI is InChI=1S/C13H20N2O2S/c1-9-5-12(18-10(9)2)7-15-13(16)6-11-8-17-4-3-14-11/h5,11,14H,3-4,6-8H2,1-2H3,(H,15,16). The van der Waals surface area contributed by atoms with E-state index in [1.54, 1.807) is 11.3 Å². The highest BCUT2D eigenvalue weighted by Gasteiger charge is 2.16. The Morgan fingerprint density at radius 1 is 1.61 bits per heavy atom. The van der Waals surface area contributed by atoms with E-state index in [0.29, 0.717) is 19.6 Å². The van der Waals surface area contributed by atoms with Crippen LogP contribution in [-0.4, -0.2) is 31.7 Å². The number of ether oxygens (including phenoxy) is 1. The molecule has 2 N–H and O–H groups in total. The molecule has 0 radical (unpaired) electrons. The van der Waals surface area contributed by atoms with Gasteiger partial charge >= 0.3 is 0 Å². The van der Waals surface area contributed by atoms with E-state index in [9.17, 15) is 4.79 Å². The van der Waals surface area contributed by atoms with Gasteiger partial charge in [-0.3, -0.25) is 4.79 Å². The minimum absolute atomic E-state index is 0.0849. The van der Waals surface area contributed by atoms with Crippen molar-refractivity contribution in [1.82, 2.24) is 10.6 Å². The van der Waals surface area contributed by atoms with Crippen LogP contribution in [0.1, 0.15) is 21.7 Å². The molecule has 1 saturated heterocycles. The van der Waals surface area contributed by atoms with Gasteiger partial charge in [-0.2, -0.15) is 0 Å². The van der Waals surface area contributed by atoms with E-state index in [1.165, 1.54) is 15.3 Å². The van der Waals surface area contributed by atoms with Crippen LogP contribution in [-0.2, 0) is 16.1 Å². The fourth-order valence-electron chi connectivity index (χ4n) is 1.97. The van der Waals surface area contributed by atoms with Crippen molar-refractivity contribution in [3.63, 3.8) is 0 Å². The molecule has 0 aliphatic carbocycles. The molecule has 2 heterocycles. The molecule has 100 valence electrons. The van der Waals surface area contributed by atoms with Crippen molar-refractivity contribution >= 4 is 17.2 Å². The Morgan fingerprint density at radius 3 is 3.06 bits per heavy atom. The fourth-order valence-corrected chi connectivity index (χ4v) is 2.96. The van der Waals surface area contributed by atoms with E-state index in [0.717, 1.165) is 13.2 Å². The molecule has 1 fully saturated rings. The number of aryl methyl sites for hydroxylation is 2. The van der Waals surface area contributed by atoms with Crippen LogP contribution >= 0.6 is 11.3 Å². The first-order valence-corrected chi connectivity index (χ1v) is 7.10. The summed E-state index contributed by atoms with van der Waals surface area (Å²) >= 11 is 1.75. The number of morpholine rings is 1. The molecule has 0 aromatic carbocycles. The van der Waals surface area contributed by atoms with Gasteiger partial charge in [0.15, 0.2) is 0 Å². The summed E-state index contributed by atoms with van der Waals surface area (Å²) in [5, 5.41) is 6.24. The second-order valence-corrected chi connectivity index (χ2v) is 6.00. The van der Waals surface area contributed by atoms with E-state index >= 15 is 0 Å². The molecular weight excluding hydrogens is 248 g/mol. The summed E-state index contributed by atoms with van der Waals surface area (Å²) in [6.07, 6.45) is 0.489. The van der Waals surface area contributed by atoms with E-state index < -0.39 is 0 Å². The Balaban J connectivity index is 1.74. The van der Waals surface area contributed by atoms with Gasteiger partial charge in [0, 0.05) is 28.8 Å². The number of rotatable bonds is 4. The zero-order chi connectivity index (χ0) is 13.0. The van der Waals surface area contributed by atoms with Crippen molar-refractivity contribution in [1.29, 1.82) is 0 Å². The third-order valence-corrected chi connectivity index (χ3v) is 4.26. The van der Waals surface area contributed by atoms with Crippen molar-refractivity contribution in [3.8, 4) is 0 Å². The lowest BCUT2D eigenvalue weighted by molar-refractivity contribution is -0.122. The number of carbonyl (C=O) groups is 1. The molecule has 1 aromatic rings. The molecule has 5 heteroatoms. The SMILES string of the molecule is Cc1cc(CNC(=O)CC2COCCN2)sc1C. The second kappa shape index (κ2) is 6.31. The first kappa shape index (κ1) is 13.5. The molecule has 18 heavy (non-hydrogen) atoms. The van der Waals surface area contributed by atoms with Gasteiger partial charge in [-0.15, -0.1) is 11.3 Å². The Morgan fingerprint density at radius 2 is 2.44 bits per heavy atom. The molecule has 4 nitrogen and oxygen atoms in total. The average molecular weight is 268 g/mol. The Kier molecular flexibility index (Phi) is 4.74. The molecule has 2 rings (SSSR count). The minimum Gasteiger partial charge on any atom is -0.378 e. The number of thiophene rings is 1. The van der Waals surface area contributed by atoms with Crippen LogP contribution in [0.3, 0.4) is 0 Å². The summed E-state index contributed by atoms with van der Waals surface area (Å²) in [5.74, 6) is 0.0849.